The van der Waals surface area contributed by atoms with Crippen LogP contribution in [0.3, 0.4) is 0 Å². The average Bonchev–Trinajstić information content (AvgIpc) is 2.91. The zero-order valence-electron chi connectivity index (χ0n) is 26.6. The van der Waals surface area contributed by atoms with Crippen LogP contribution in [0.5, 0.6) is 0 Å². The van der Waals surface area contributed by atoms with Crippen molar-refractivity contribution in [3.63, 3.8) is 0 Å². The molecule has 0 aliphatic carbocycles. The Morgan fingerprint density at radius 3 is 1.40 bits per heavy atom. The summed E-state index contributed by atoms with van der Waals surface area (Å²) in [6.45, 7) is 9.32. The molecule has 0 fully saturated rings. The van der Waals surface area contributed by atoms with Crippen molar-refractivity contribution in [2.24, 2.45) is 0 Å². The number of nitrogen functional groups attached to an aromatic ring is 1. The molecule has 0 saturated carbocycles. The van der Waals surface area contributed by atoms with Gasteiger partial charge in [0.05, 0.1) is 42.3 Å². The molecule has 0 heterocycles. The molecule has 0 aliphatic heterocycles. The van der Waals surface area contributed by atoms with Crippen molar-refractivity contribution in [3.8, 4) is 0 Å². The van der Waals surface area contributed by atoms with E-state index in [-0.39, 0.29) is 81.6 Å². The van der Waals surface area contributed by atoms with Crippen molar-refractivity contribution in [1.82, 2.24) is 0 Å². The number of nitro benzene ring substituents is 2. The molecular formula is C31H43N3O12Pd. The number of esters is 2. The van der Waals surface area contributed by atoms with Crippen molar-refractivity contribution in [3.05, 3.63) is 108 Å². The topological polar surface area (TPSA) is 265 Å². The van der Waals surface area contributed by atoms with Crippen molar-refractivity contribution >= 4 is 35.0 Å². The van der Waals surface area contributed by atoms with Crippen molar-refractivity contribution < 1.29 is 71.6 Å². The Morgan fingerprint density at radius 2 is 1.04 bits per heavy atom. The van der Waals surface area contributed by atoms with Gasteiger partial charge < -0.3 is 31.3 Å². The number of nitrogens with zero attached hydrogens (tertiary/aromatic N) is 2. The Hall–Kier alpha value is -4.75. The van der Waals surface area contributed by atoms with Crippen LogP contribution in [0.15, 0.2) is 54.6 Å². The number of carboxylic acid groups (broad SMARTS) is 1. The molecule has 7 N–H and O–H groups in total. The molecule has 3 aromatic carbocycles. The minimum absolute atomic E-state index is 0. The fourth-order valence-electron chi connectivity index (χ4n) is 4.04. The number of benzene rings is 3. The summed E-state index contributed by atoms with van der Waals surface area (Å²) >= 11 is 0. The molecule has 0 radical (unpaired) electrons. The van der Waals surface area contributed by atoms with E-state index in [1.807, 2.05) is 25.1 Å². The van der Waals surface area contributed by atoms with Crippen molar-refractivity contribution in [2.75, 3.05) is 18.9 Å². The Morgan fingerprint density at radius 1 is 0.702 bits per heavy atom. The summed E-state index contributed by atoms with van der Waals surface area (Å²) in [5, 5.41) is 30.0. The summed E-state index contributed by atoms with van der Waals surface area (Å²) in [5.41, 5.74) is 9.88. The molecule has 264 valence electrons. The molecule has 0 atom stereocenters. The number of carboxylic acids is 1. The van der Waals surface area contributed by atoms with Crippen LogP contribution in [-0.4, -0.2) is 57.0 Å². The number of carbonyl (C=O) groups is 3. The van der Waals surface area contributed by atoms with Crippen LogP contribution in [0.4, 0.5) is 17.1 Å². The summed E-state index contributed by atoms with van der Waals surface area (Å²) in [4.78, 5) is 53.3. The summed E-state index contributed by atoms with van der Waals surface area (Å²) < 4.78 is 9.61. The normalized spacial score (nSPS) is 9.21. The number of hydrogen-bond acceptors (Lipinski definition) is 10. The molecule has 0 unspecified atom stereocenters. The zero-order chi connectivity index (χ0) is 33.4. The van der Waals surface area contributed by atoms with Gasteiger partial charge in [-0.15, -0.1) is 0 Å². The van der Waals surface area contributed by atoms with Gasteiger partial charge in [-0.05, 0) is 45.7 Å². The maximum atomic E-state index is 11.3. The van der Waals surface area contributed by atoms with E-state index in [9.17, 15) is 34.6 Å². The molecule has 47 heavy (non-hydrogen) atoms. The first-order valence-electron chi connectivity index (χ1n) is 13.6. The molecule has 0 bridgehead atoms. The van der Waals surface area contributed by atoms with Gasteiger partial charge in [0, 0.05) is 49.8 Å². The number of nitrogens with two attached hydrogens (primary N) is 1. The maximum absolute atomic E-state index is 11.3. The number of carbonyl (C=O) groups excluding carboxylic acids is 2. The zero-order valence-corrected chi connectivity index (χ0v) is 28.2. The van der Waals surface area contributed by atoms with Crippen molar-refractivity contribution in [1.29, 1.82) is 0 Å². The molecule has 3 rings (SSSR count). The molecule has 15 nitrogen and oxygen atoms in total. The predicted molar refractivity (Wildman–Crippen MR) is 173 cm³/mol. The van der Waals surface area contributed by atoms with Gasteiger partial charge in [0.25, 0.3) is 11.4 Å². The second kappa shape index (κ2) is 23.6. The fraction of sp³-hybridized carbons (Fsp3) is 0.323. The van der Waals surface area contributed by atoms with Crippen LogP contribution in [0, 0.1) is 41.0 Å². The molecule has 3 aromatic rings. The third-order valence-electron chi connectivity index (χ3n) is 6.04. The van der Waals surface area contributed by atoms with Crippen LogP contribution in [0.25, 0.3) is 0 Å². The van der Waals surface area contributed by atoms with Gasteiger partial charge in [0.2, 0.25) is 0 Å². The van der Waals surface area contributed by atoms with Gasteiger partial charge >= 0.3 is 17.9 Å². The van der Waals surface area contributed by atoms with Crippen LogP contribution in [0.2, 0.25) is 0 Å². The summed E-state index contributed by atoms with van der Waals surface area (Å²) in [7, 11) is 0. The van der Waals surface area contributed by atoms with E-state index in [1.165, 1.54) is 6.07 Å². The van der Waals surface area contributed by atoms with Gasteiger partial charge in [0.15, 0.2) is 0 Å². The first-order valence-corrected chi connectivity index (χ1v) is 13.6. The number of nitro groups is 2. The molecule has 0 spiro atoms. The minimum Gasteiger partial charge on any atom is -0.481 e. The Labute approximate surface area is 287 Å². The molecule has 16 heteroatoms. The van der Waals surface area contributed by atoms with E-state index in [0.29, 0.717) is 29.0 Å². The maximum Gasteiger partial charge on any atom is 0.310 e. The van der Waals surface area contributed by atoms with Crippen LogP contribution >= 0.6 is 0 Å². The van der Waals surface area contributed by atoms with Gasteiger partial charge in [0.1, 0.15) is 0 Å². The third-order valence-corrected chi connectivity index (χ3v) is 6.04. The number of hydrogen-bond donors (Lipinski definition) is 2. The minimum atomic E-state index is -1.07. The Balaban J connectivity index is -0.000000291. The van der Waals surface area contributed by atoms with Gasteiger partial charge in [-0.2, -0.15) is 0 Å². The van der Waals surface area contributed by atoms with Crippen LogP contribution in [-0.2, 0) is 63.5 Å². The predicted octanol–water partition coefficient (Wildman–Crippen LogP) is 3.82. The van der Waals surface area contributed by atoms with E-state index in [2.05, 4.69) is 0 Å². The van der Waals surface area contributed by atoms with Gasteiger partial charge in [-0.3, -0.25) is 34.6 Å². The second-order valence-corrected chi connectivity index (χ2v) is 9.36. The number of para-hydroxylation sites is 3. The second-order valence-electron chi connectivity index (χ2n) is 9.36. The monoisotopic (exact) mass is 755 g/mol. The summed E-state index contributed by atoms with van der Waals surface area (Å²) in [6, 6.07) is 15.2. The fourth-order valence-corrected chi connectivity index (χ4v) is 4.04. The molecular weight excluding hydrogens is 713 g/mol. The van der Waals surface area contributed by atoms with Gasteiger partial charge in [-0.25, -0.2) is 0 Å². The molecule has 0 saturated heterocycles. The first kappa shape index (κ1) is 46.7. The Kier molecular flexibility index (Phi) is 23.4. The number of rotatable bonds is 10. The van der Waals surface area contributed by atoms with E-state index < -0.39 is 21.8 Å². The smallest absolute Gasteiger partial charge is 0.310 e. The standard InChI is InChI=1S/C11H13NO4.C11H15NO2.C9H9NO4.2H2O.Pd.H2/c1-3-16-10(13)7-9-6-4-5-8(2)11(9)12(14)15;1-3-14-10(13)7-9-6-4-5-8(2)11(9)12;1-6-3-2-4-7(5-8(11)12)9(6)10(13)14;;;;/h4-6H,3,7H2,1-2H3;4-6H,3,7,12H2,1-2H3;2-4H,5H2,1H3,(H,11,12);2*1H2;;1H. The van der Waals surface area contributed by atoms with Gasteiger partial charge in [-0.1, -0.05) is 54.6 Å². The van der Waals surface area contributed by atoms with Crippen LogP contribution in [0.1, 0.15) is 48.7 Å². The SMILES string of the molecule is CCOC(=O)Cc1cccc(C)c1N.CCOC(=O)Cc1cccc(C)c1[N+](=O)[O-].Cc1cccc(CC(=O)O)c1[N+](=O)[O-].O.O.[HH].[Pd]. The molecule has 0 aromatic heterocycles. The number of anilines is 1. The van der Waals surface area contributed by atoms with Crippen LogP contribution < -0.4 is 5.73 Å². The molecule has 0 amide bonds. The van der Waals surface area contributed by atoms with E-state index in [1.54, 1.807) is 58.0 Å². The molecule has 0 aliphatic rings. The summed E-state index contributed by atoms with van der Waals surface area (Å²) in [6.07, 6.45) is -0.134. The third kappa shape index (κ3) is 15.9. The Bertz CT molecular complexity index is 1510. The number of aliphatic carboxylic acids is 1. The first-order chi connectivity index (χ1) is 20.7. The largest absolute Gasteiger partial charge is 0.481 e. The number of aryl methyl sites for hydroxylation is 3. The van der Waals surface area contributed by atoms with E-state index in [4.69, 9.17) is 20.3 Å². The quantitative estimate of drug-likeness (QED) is 0.0987. The average molecular weight is 756 g/mol. The van der Waals surface area contributed by atoms with E-state index >= 15 is 0 Å². The van der Waals surface area contributed by atoms with E-state index in [0.717, 1.165) is 11.1 Å². The summed E-state index contributed by atoms with van der Waals surface area (Å²) in [5.74, 6) is -1.75. The van der Waals surface area contributed by atoms with Crippen molar-refractivity contribution in [2.45, 2.75) is 53.9 Å². The number of ether oxygens (including phenoxy) is 2.